The lowest BCUT2D eigenvalue weighted by Crippen LogP contribution is -2.29. The van der Waals surface area contributed by atoms with Gasteiger partial charge in [-0.25, -0.2) is 4.79 Å². The highest BCUT2D eigenvalue weighted by atomic mass is 79.9. The molecule has 0 saturated heterocycles. The molecule has 2 aromatic rings. The van der Waals surface area contributed by atoms with Gasteiger partial charge in [0.1, 0.15) is 10.8 Å². The van der Waals surface area contributed by atoms with E-state index in [4.69, 9.17) is 14.9 Å². The van der Waals surface area contributed by atoms with Crippen LogP contribution in [0.15, 0.2) is 38.7 Å². The molecule has 9 heteroatoms. The molecule has 24 heavy (non-hydrogen) atoms. The van der Waals surface area contributed by atoms with E-state index in [1.807, 2.05) is 0 Å². The SMILES string of the molecule is CC(OC(=O)/C=C/c1ccc(Br)o1)C(=O)Nc1sccc1C(N)=O. The normalized spacial score (nSPS) is 12.1. The Bertz CT molecular complexity index is 795. The number of anilines is 1. The zero-order valence-corrected chi connectivity index (χ0v) is 14.8. The molecule has 0 fully saturated rings. The van der Waals surface area contributed by atoms with Crippen LogP contribution in [0, 0.1) is 0 Å². The summed E-state index contributed by atoms with van der Waals surface area (Å²) in [5.74, 6) is -1.46. The van der Waals surface area contributed by atoms with E-state index in [1.165, 1.54) is 19.1 Å². The second-order valence-corrected chi connectivity index (χ2v) is 6.27. The van der Waals surface area contributed by atoms with Crippen molar-refractivity contribution in [1.82, 2.24) is 0 Å². The van der Waals surface area contributed by atoms with Crippen molar-refractivity contribution >= 4 is 56.1 Å². The van der Waals surface area contributed by atoms with E-state index in [0.717, 1.165) is 17.4 Å². The zero-order valence-electron chi connectivity index (χ0n) is 12.4. The van der Waals surface area contributed by atoms with E-state index in [-0.39, 0.29) is 5.56 Å². The molecule has 0 spiro atoms. The molecule has 2 heterocycles. The Morgan fingerprint density at radius 2 is 2.12 bits per heavy atom. The number of furan rings is 1. The van der Waals surface area contributed by atoms with Crippen LogP contribution >= 0.6 is 27.3 Å². The number of halogens is 1. The smallest absolute Gasteiger partial charge is 0.331 e. The first kappa shape index (κ1) is 18.0. The summed E-state index contributed by atoms with van der Waals surface area (Å²) >= 11 is 4.29. The largest absolute Gasteiger partial charge is 0.450 e. The number of carbonyl (C=O) groups is 3. The first-order chi connectivity index (χ1) is 11.4. The fourth-order valence-electron chi connectivity index (χ4n) is 1.65. The minimum absolute atomic E-state index is 0.204. The van der Waals surface area contributed by atoms with Crippen LogP contribution in [-0.4, -0.2) is 23.9 Å². The molecule has 0 aliphatic rings. The fourth-order valence-corrected chi connectivity index (χ4v) is 2.76. The lowest BCUT2D eigenvalue weighted by molar-refractivity contribution is -0.148. The van der Waals surface area contributed by atoms with Crippen molar-refractivity contribution in [3.63, 3.8) is 0 Å². The minimum atomic E-state index is -1.05. The summed E-state index contributed by atoms with van der Waals surface area (Å²) in [5, 5.41) is 4.44. The topological polar surface area (TPSA) is 112 Å². The molecule has 0 saturated carbocycles. The van der Waals surface area contributed by atoms with Gasteiger partial charge >= 0.3 is 5.97 Å². The zero-order chi connectivity index (χ0) is 17.7. The van der Waals surface area contributed by atoms with E-state index < -0.39 is 23.9 Å². The van der Waals surface area contributed by atoms with Crippen molar-refractivity contribution < 1.29 is 23.5 Å². The van der Waals surface area contributed by atoms with Gasteiger partial charge in [0.05, 0.1) is 5.56 Å². The number of nitrogens with one attached hydrogen (secondary N) is 1. The average Bonchev–Trinajstić information content (AvgIpc) is 3.14. The molecule has 7 nitrogen and oxygen atoms in total. The van der Waals surface area contributed by atoms with Gasteiger partial charge in [-0.05, 0) is 52.5 Å². The molecule has 0 radical (unpaired) electrons. The highest BCUT2D eigenvalue weighted by molar-refractivity contribution is 9.10. The minimum Gasteiger partial charge on any atom is -0.450 e. The number of esters is 1. The summed E-state index contributed by atoms with van der Waals surface area (Å²) in [6.45, 7) is 1.42. The molecule has 0 aromatic carbocycles. The van der Waals surface area contributed by atoms with Crippen molar-refractivity contribution in [2.75, 3.05) is 5.32 Å². The fraction of sp³-hybridized carbons (Fsp3) is 0.133. The summed E-state index contributed by atoms with van der Waals surface area (Å²) in [7, 11) is 0. The summed E-state index contributed by atoms with van der Waals surface area (Å²) in [5.41, 5.74) is 5.40. The third kappa shape index (κ3) is 4.80. The molecule has 2 rings (SSSR count). The molecular weight excluding hydrogens is 400 g/mol. The van der Waals surface area contributed by atoms with Gasteiger partial charge in [0, 0.05) is 6.08 Å². The maximum absolute atomic E-state index is 12.0. The summed E-state index contributed by atoms with van der Waals surface area (Å²) in [6, 6.07) is 4.84. The molecule has 1 unspecified atom stereocenters. The first-order valence-electron chi connectivity index (χ1n) is 6.69. The summed E-state index contributed by atoms with van der Waals surface area (Å²) in [6.07, 6.45) is 1.52. The van der Waals surface area contributed by atoms with Crippen LogP contribution in [0.25, 0.3) is 6.08 Å². The highest BCUT2D eigenvalue weighted by Gasteiger charge is 2.19. The lowest BCUT2D eigenvalue weighted by Gasteiger charge is -2.11. The molecule has 0 bridgehead atoms. The van der Waals surface area contributed by atoms with Crippen molar-refractivity contribution in [1.29, 1.82) is 0 Å². The van der Waals surface area contributed by atoms with Crippen LogP contribution in [0.5, 0.6) is 0 Å². The van der Waals surface area contributed by atoms with Crippen molar-refractivity contribution in [2.45, 2.75) is 13.0 Å². The summed E-state index contributed by atoms with van der Waals surface area (Å²) < 4.78 is 10.7. The second kappa shape index (κ2) is 7.93. The van der Waals surface area contributed by atoms with Gasteiger partial charge in [-0.3, -0.25) is 9.59 Å². The van der Waals surface area contributed by atoms with Crippen molar-refractivity contribution in [3.05, 3.63) is 45.6 Å². The highest BCUT2D eigenvalue weighted by Crippen LogP contribution is 2.23. The number of hydrogen-bond donors (Lipinski definition) is 2. The molecule has 2 amide bonds. The standard InChI is InChI=1S/C15H13BrN2O5S/c1-8(14(21)18-15-10(13(17)20)6-7-24-15)22-12(19)5-3-9-2-4-11(16)23-9/h2-8H,1H3,(H2,17,20)(H,18,21)/b5-3+. The van der Waals surface area contributed by atoms with E-state index >= 15 is 0 Å². The maximum atomic E-state index is 12.0. The Morgan fingerprint density at radius 1 is 1.38 bits per heavy atom. The van der Waals surface area contributed by atoms with Crippen molar-refractivity contribution in [3.8, 4) is 0 Å². The van der Waals surface area contributed by atoms with Crippen LogP contribution in [0.1, 0.15) is 23.0 Å². The Morgan fingerprint density at radius 3 is 2.75 bits per heavy atom. The third-order valence-electron chi connectivity index (χ3n) is 2.81. The van der Waals surface area contributed by atoms with Gasteiger partial charge in [-0.1, -0.05) is 0 Å². The van der Waals surface area contributed by atoms with Gasteiger partial charge in [0.2, 0.25) is 0 Å². The van der Waals surface area contributed by atoms with Gasteiger partial charge < -0.3 is 20.2 Å². The van der Waals surface area contributed by atoms with Crippen LogP contribution in [0.4, 0.5) is 5.00 Å². The Kier molecular flexibility index (Phi) is 5.93. The third-order valence-corrected chi connectivity index (χ3v) is 4.06. The Hall–Kier alpha value is -2.39. The van der Waals surface area contributed by atoms with Crippen LogP contribution in [0.3, 0.4) is 0 Å². The molecule has 126 valence electrons. The number of amides is 2. The van der Waals surface area contributed by atoms with E-state index in [9.17, 15) is 14.4 Å². The van der Waals surface area contributed by atoms with Gasteiger partial charge in [-0.2, -0.15) is 0 Å². The Balaban J connectivity index is 1.91. The monoisotopic (exact) mass is 412 g/mol. The number of thiophene rings is 1. The van der Waals surface area contributed by atoms with Crippen LogP contribution in [-0.2, 0) is 14.3 Å². The number of primary amides is 1. The van der Waals surface area contributed by atoms with Gasteiger partial charge in [-0.15, -0.1) is 11.3 Å². The molecular formula is C15H13BrN2O5S. The van der Waals surface area contributed by atoms with Crippen molar-refractivity contribution in [2.24, 2.45) is 5.73 Å². The molecule has 2 aromatic heterocycles. The average molecular weight is 413 g/mol. The predicted octanol–water partition coefficient (Wildman–Crippen LogP) is 2.79. The van der Waals surface area contributed by atoms with Crippen LogP contribution < -0.4 is 11.1 Å². The molecule has 0 aliphatic carbocycles. The first-order valence-corrected chi connectivity index (χ1v) is 8.36. The number of nitrogens with two attached hydrogens (primary N) is 1. The van der Waals surface area contributed by atoms with E-state index in [2.05, 4.69) is 21.2 Å². The van der Waals surface area contributed by atoms with Crippen LogP contribution in [0.2, 0.25) is 0 Å². The number of hydrogen-bond acceptors (Lipinski definition) is 6. The maximum Gasteiger partial charge on any atom is 0.331 e. The van der Waals surface area contributed by atoms with Gasteiger partial charge in [0.25, 0.3) is 11.8 Å². The Labute approximate surface area is 149 Å². The molecule has 1 atom stereocenters. The van der Waals surface area contributed by atoms with Gasteiger partial charge in [0.15, 0.2) is 10.8 Å². The lowest BCUT2D eigenvalue weighted by atomic mass is 10.3. The molecule has 0 aliphatic heterocycles. The van der Waals surface area contributed by atoms with E-state index in [1.54, 1.807) is 17.5 Å². The predicted molar refractivity (Wildman–Crippen MR) is 92.5 cm³/mol. The van der Waals surface area contributed by atoms with E-state index in [0.29, 0.717) is 15.4 Å². The number of carbonyl (C=O) groups excluding carboxylic acids is 3. The quantitative estimate of drug-likeness (QED) is 0.559. The number of ether oxygens (including phenoxy) is 1. The second-order valence-electron chi connectivity index (χ2n) is 4.57. The number of rotatable bonds is 6. The molecule has 3 N–H and O–H groups in total. The summed E-state index contributed by atoms with van der Waals surface area (Å²) in [4.78, 5) is 34.9.